The molecular weight excluding hydrogens is 260 g/mol. The average Bonchev–Trinajstić information content (AvgIpc) is 2.91. The van der Waals surface area contributed by atoms with Crippen LogP contribution < -0.4 is 5.32 Å². The molecule has 1 N–H and O–H groups in total. The van der Waals surface area contributed by atoms with Crippen LogP contribution >= 0.6 is 0 Å². The van der Waals surface area contributed by atoms with E-state index in [1.54, 1.807) is 0 Å². The molecule has 0 aromatic carbocycles. The molecule has 0 spiro atoms. The smallest absolute Gasteiger partial charge is 0.126 e. The third kappa shape index (κ3) is 3.43. The van der Waals surface area contributed by atoms with Gasteiger partial charge in [-0.2, -0.15) is 5.10 Å². The first-order chi connectivity index (χ1) is 10.4. The van der Waals surface area contributed by atoms with Crippen LogP contribution in [-0.4, -0.2) is 20.8 Å². The van der Waals surface area contributed by atoms with Crippen LogP contribution in [0.2, 0.25) is 0 Å². The molecule has 1 atom stereocenters. The van der Waals surface area contributed by atoms with E-state index < -0.39 is 0 Å². The fraction of sp³-hybridized carbons (Fsp3) is 0.529. The Hall–Kier alpha value is -1.84. The van der Waals surface area contributed by atoms with Crippen LogP contribution in [0.1, 0.15) is 43.9 Å². The third-order valence-corrected chi connectivity index (χ3v) is 4.22. The van der Waals surface area contributed by atoms with Gasteiger partial charge in [0, 0.05) is 24.5 Å². The maximum Gasteiger partial charge on any atom is 0.126 e. The van der Waals surface area contributed by atoms with Gasteiger partial charge >= 0.3 is 0 Å². The highest BCUT2D eigenvalue weighted by molar-refractivity contribution is 5.36. The number of nitrogens with one attached hydrogen (secondary N) is 1. The lowest BCUT2D eigenvalue weighted by Crippen LogP contribution is -2.28. The minimum Gasteiger partial charge on any atom is -0.367 e. The lowest BCUT2D eigenvalue weighted by atomic mass is 9.93. The molecule has 2 heterocycles. The molecule has 0 saturated carbocycles. The number of rotatable bonds is 6. The summed E-state index contributed by atoms with van der Waals surface area (Å²) in [6.07, 6.45) is 11.0. The van der Waals surface area contributed by atoms with E-state index in [1.165, 1.54) is 30.5 Å². The lowest BCUT2D eigenvalue weighted by molar-refractivity contribution is 0.509. The Balaban J connectivity index is 1.61. The number of fused-ring (bicyclic) bond motifs is 1. The maximum atomic E-state index is 4.58. The van der Waals surface area contributed by atoms with Crippen molar-refractivity contribution in [1.82, 2.24) is 14.8 Å². The normalized spacial score (nSPS) is 17.5. The van der Waals surface area contributed by atoms with Crippen molar-refractivity contribution in [2.45, 2.75) is 58.0 Å². The summed E-state index contributed by atoms with van der Waals surface area (Å²) in [6, 6.07) is 6.48. The average molecular weight is 284 g/mol. The Bertz CT molecular complexity index is 561. The van der Waals surface area contributed by atoms with E-state index in [1.807, 2.05) is 24.4 Å². The molecule has 0 amide bonds. The van der Waals surface area contributed by atoms with Gasteiger partial charge in [-0.25, -0.2) is 4.98 Å². The summed E-state index contributed by atoms with van der Waals surface area (Å²) >= 11 is 0. The molecule has 112 valence electrons. The SMILES string of the molecule is CCCCCn1ncc2c1CCC(Nc1ccccn1)C2. The summed E-state index contributed by atoms with van der Waals surface area (Å²) in [6.45, 7) is 3.31. The zero-order chi connectivity index (χ0) is 14.5. The van der Waals surface area contributed by atoms with Gasteiger partial charge in [-0.15, -0.1) is 0 Å². The Morgan fingerprint density at radius 3 is 3.10 bits per heavy atom. The number of nitrogens with zero attached hydrogens (tertiary/aromatic N) is 3. The number of anilines is 1. The van der Waals surface area contributed by atoms with E-state index in [-0.39, 0.29) is 0 Å². The van der Waals surface area contributed by atoms with E-state index in [4.69, 9.17) is 0 Å². The molecule has 0 saturated heterocycles. The summed E-state index contributed by atoms with van der Waals surface area (Å²) in [5.74, 6) is 0.973. The largest absolute Gasteiger partial charge is 0.367 e. The van der Waals surface area contributed by atoms with Crippen molar-refractivity contribution in [3.05, 3.63) is 41.9 Å². The van der Waals surface area contributed by atoms with Crippen molar-refractivity contribution in [3.63, 3.8) is 0 Å². The van der Waals surface area contributed by atoms with Crippen molar-refractivity contribution >= 4 is 5.82 Å². The highest BCUT2D eigenvalue weighted by Gasteiger charge is 2.22. The Morgan fingerprint density at radius 1 is 1.33 bits per heavy atom. The van der Waals surface area contributed by atoms with E-state index >= 15 is 0 Å². The molecule has 4 heteroatoms. The lowest BCUT2D eigenvalue weighted by Gasteiger charge is -2.24. The minimum absolute atomic E-state index is 0.473. The molecule has 2 aromatic heterocycles. The molecule has 1 aliphatic carbocycles. The summed E-state index contributed by atoms with van der Waals surface area (Å²) in [7, 11) is 0. The Labute approximate surface area is 126 Å². The second-order valence-corrected chi connectivity index (χ2v) is 5.85. The van der Waals surface area contributed by atoms with Crippen LogP contribution in [0.4, 0.5) is 5.82 Å². The van der Waals surface area contributed by atoms with Gasteiger partial charge in [0.15, 0.2) is 0 Å². The zero-order valence-corrected chi connectivity index (χ0v) is 12.8. The fourth-order valence-electron chi connectivity index (χ4n) is 3.07. The van der Waals surface area contributed by atoms with Crippen LogP contribution in [0.3, 0.4) is 0 Å². The van der Waals surface area contributed by atoms with E-state index in [0.29, 0.717) is 6.04 Å². The summed E-state index contributed by atoms with van der Waals surface area (Å²) in [5.41, 5.74) is 2.86. The number of aryl methyl sites for hydroxylation is 1. The van der Waals surface area contributed by atoms with Crippen molar-refractivity contribution in [1.29, 1.82) is 0 Å². The highest BCUT2D eigenvalue weighted by atomic mass is 15.3. The molecule has 1 unspecified atom stereocenters. The van der Waals surface area contributed by atoms with Gasteiger partial charge in [0.05, 0.1) is 6.20 Å². The number of unbranched alkanes of at least 4 members (excludes halogenated alkanes) is 2. The predicted octanol–water partition coefficient (Wildman–Crippen LogP) is 3.44. The molecule has 21 heavy (non-hydrogen) atoms. The predicted molar refractivity (Wildman–Crippen MR) is 85.4 cm³/mol. The molecule has 0 aliphatic heterocycles. The first-order valence-corrected chi connectivity index (χ1v) is 8.08. The first-order valence-electron chi connectivity index (χ1n) is 8.08. The van der Waals surface area contributed by atoms with Crippen molar-refractivity contribution in [2.24, 2.45) is 0 Å². The summed E-state index contributed by atoms with van der Waals surface area (Å²) < 4.78 is 2.22. The second-order valence-electron chi connectivity index (χ2n) is 5.85. The molecule has 4 nitrogen and oxygen atoms in total. The van der Waals surface area contributed by atoms with Gasteiger partial charge in [-0.05, 0) is 43.4 Å². The number of hydrogen-bond acceptors (Lipinski definition) is 3. The van der Waals surface area contributed by atoms with Crippen molar-refractivity contribution < 1.29 is 0 Å². The van der Waals surface area contributed by atoms with E-state index in [9.17, 15) is 0 Å². The van der Waals surface area contributed by atoms with Crippen molar-refractivity contribution in [3.8, 4) is 0 Å². The van der Waals surface area contributed by atoms with Gasteiger partial charge in [0.1, 0.15) is 5.82 Å². The van der Waals surface area contributed by atoms with Gasteiger partial charge in [-0.1, -0.05) is 25.8 Å². The van der Waals surface area contributed by atoms with Crippen LogP contribution in [0.15, 0.2) is 30.6 Å². The Kier molecular flexibility index (Phi) is 4.53. The number of aromatic nitrogens is 3. The van der Waals surface area contributed by atoms with Crippen LogP contribution in [0.25, 0.3) is 0 Å². The molecule has 0 radical (unpaired) electrons. The van der Waals surface area contributed by atoms with Gasteiger partial charge in [0.25, 0.3) is 0 Å². The first kappa shape index (κ1) is 14.1. The van der Waals surface area contributed by atoms with E-state index in [0.717, 1.165) is 31.6 Å². The summed E-state index contributed by atoms with van der Waals surface area (Å²) in [4.78, 5) is 4.35. The molecule has 2 aromatic rings. The van der Waals surface area contributed by atoms with Crippen LogP contribution in [0, 0.1) is 0 Å². The molecular formula is C17H24N4. The fourth-order valence-corrected chi connectivity index (χ4v) is 3.07. The highest BCUT2D eigenvalue weighted by Crippen LogP contribution is 2.23. The minimum atomic E-state index is 0.473. The monoisotopic (exact) mass is 284 g/mol. The van der Waals surface area contributed by atoms with Gasteiger partial charge in [-0.3, -0.25) is 4.68 Å². The number of pyridine rings is 1. The quantitative estimate of drug-likeness (QED) is 0.826. The topological polar surface area (TPSA) is 42.7 Å². The van der Waals surface area contributed by atoms with E-state index in [2.05, 4.69) is 33.2 Å². The van der Waals surface area contributed by atoms with Crippen LogP contribution in [-0.2, 0) is 19.4 Å². The van der Waals surface area contributed by atoms with Gasteiger partial charge in [0.2, 0.25) is 0 Å². The zero-order valence-electron chi connectivity index (χ0n) is 12.8. The van der Waals surface area contributed by atoms with Crippen molar-refractivity contribution in [2.75, 3.05) is 5.32 Å². The molecule has 0 bridgehead atoms. The maximum absolute atomic E-state index is 4.58. The third-order valence-electron chi connectivity index (χ3n) is 4.22. The second kappa shape index (κ2) is 6.74. The molecule has 3 rings (SSSR count). The van der Waals surface area contributed by atoms with Gasteiger partial charge < -0.3 is 5.32 Å². The molecule has 0 fully saturated rings. The Morgan fingerprint density at radius 2 is 2.29 bits per heavy atom. The standard InChI is InChI=1S/C17H24N4/c1-2-3-6-11-21-16-9-8-15(12-14(16)13-19-21)20-17-7-4-5-10-18-17/h4-5,7,10,13,15H,2-3,6,8-9,11-12H2,1H3,(H,18,20). The number of hydrogen-bond donors (Lipinski definition) is 1. The van der Waals surface area contributed by atoms with Crippen LogP contribution in [0.5, 0.6) is 0 Å². The summed E-state index contributed by atoms with van der Waals surface area (Å²) in [5, 5.41) is 8.12. The molecule has 1 aliphatic rings.